The van der Waals surface area contributed by atoms with Gasteiger partial charge in [-0.05, 0) is 0 Å². The van der Waals surface area contributed by atoms with E-state index in [0.29, 0.717) is 0 Å². The quantitative estimate of drug-likeness (QED) is 0.249. The molecule has 0 aromatic heterocycles. The molecule has 0 aliphatic heterocycles. The minimum atomic E-state index is -1.33. The van der Waals surface area contributed by atoms with E-state index in [2.05, 4.69) is 0 Å². The molecule has 0 heterocycles. The van der Waals surface area contributed by atoms with E-state index in [9.17, 15) is 0 Å². The van der Waals surface area contributed by atoms with Gasteiger partial charge in [-0.1, -0.05) is 0 Å². The Morgan fingerprint density at radius 1 is 0.700 bits per heavy atom. The number of rotatable bonds is 0. The molecule has 0 amide bonds. The summed E-state index contributed by atoms with van der Waals surface area (Å²) in [6.45, 7) is 0. The molecule has 4 unspecified atom stereocenters. The van der Waals surface area contributed by atoms with Gasteiger partial charge in [0.1, 0.15) is 24.4 Å². The molecule has 5 heteroatoms. The highest BCUT2D eigenvalue weighted by atomic mass is 16.4. The molecule has 60 valence electrons. The lowest BCUT2D eigenvalue weighted by molar-refractivity contribution is -0.0413. The summed E-state index contributed by atoms with van der Waals surface area (Å²) < 4.78 is 0. The van der Waals surface area contributed by atoms with Gasteiger partial charge in [0.2, 0.25) is 0 Å². The number of hydrogen-bond donors (Lipinski definition) is 5. The topological polar surface area (TPSA) is 107 Å². The van der Waals surface area contributed by atoms with Crippen LogP contribution >= 0.6 is 0 Å². The summed E-state index contributed by atoms with van der Waals surface area (Å²) >= 11 is 0. The van der Waals surface area contributed by atoms with E-state index in [-0.39, 0.29) is 0 Å². The van der Waals surface area contributed by atoms with Crippen molar-refractivity contribution in [2.24, 2.45) is 5.73 Å². The van der Waals surface area contributed by atoms with Crippen molar-refractivity contribution in [1.29, 1.82) is 0 Å². The predicted octanol–water partition coefficient (Wildman–Crippen LogP) is -3.23. The van der Waals surface area contributed by atoms with E-state index in [0.717, 1.165) is 0 Å². The van der Waals surface area contributed by atoms with Crippen LogP contribution in [-0.2, 0) is 0 Å². The SMILES string of the molecule is NC1C(O)C(O)[C@@H](O)C1O. The highest BCUT2D eigenvalue weighted by molar-refractivity contribution is 5.00. The summed E-state index contributed by atoms with van der Waals surface area (Å²) in [6, 6.07) is -0.954. The van der Waals surface area contributed by atoms with Gasteiger partial charge < -0.3 is 26.2 Å². The number of aliphatic hydroxyl groups excluding tert-OH is 4. The van der Waals surface area contributed by atoms with Crippen LogP contribution in [0, 0.1) is 0 Å². The van der Waals surface area contributed by atoms with Crippen molar-refractivity contribution in [2.75, 3.05) is 0 Å². The number of nitrogens with two attached hydrogens (primary N) is 1. The fourth-order valence-electron chi connectivity index (χ4n) is 1.06. The molecule has 1 saturated carbocycles. The van der Waals surface area contributed by atoms with E-state index in [4.69, 9.17) is 26.2 Å². The highest BCUT2D eigenvalue weighted by Gasteiger charge is 2.46. The van der Waals surface area contributed by atoms with Crippen LogP contribution in [0.2, 0.25) is 0 Å². The van der Waals surface area contributed by atoms with Gasteiger partial charge in [-0.2, -0.15) is 0 Å². The monoisotopic (exact) mass is 149 g/mol. The molecule has 1 aliphatic rings. The summed E-state index contributed by atoms with van der Waals surface area (Å²) in [5, 5.41) is 35.6. The lowest BCUT2D eigenvalue weighted by Gasteiger charge is -2.11. The van der Waals surface area contributed by atoms with Crippen LogP contribution in [-0.4, -0.2) is 50.9 Å². The fourth-order valence-corrected chi connectivity index (χ4v) is 1.06. The third-order valence-corrected chi connectivity index (χ3v) is 1.84. The van der Waals surface area contributed by atoms with Crippen LogP contribution in [0.5, 0.6) is 0 Å². The average Bonchev–Trinajstić information content (AvgIpc) is 2.07. The molecule has 0 spiro atoms. The summed E-state index contributed by atoms with van der Waals surface area (Å²) in [6.07, 6.45) is -5.12. The molecule has 0 saturated heterocycles. The Morgan fingerprint density at radius 2 is 1.00 bits per heavy atom. The average molecular weight is 149 g/mol. The minimum Gasteiger partial charge on any atom is -0.389 e. The summed E-state index contributed by atoms with van der Waals surface area (Å²) in [5.41, 5.74) is 5.18. The van der Waals surface area contributed by atoms with Crippen LogP contribution in [0.25, 0.3) is 0 Å². The molecule has 0 radical (unpaired) electrons. The summed E-state index contributed by atoms with van der Waals surface area (Å²) in [4.78, 5) is 0. The van der Waals surface area contributed by atoms with Crippen LogP contribution in [0.1, 0.15) is 0 Å². The molecule has 6 N–H and O–H groups in total. The Morgan fingerprint density at radius 3 is 1.10 bits per heavy atom. The van der Waals surface area contributed by atoms with E-state index in [1.807, 2.05) is 0 Å². The van der Waals surface area contributed by atoms with Crippen molar-refractivity contribution in [2.45, 2.75) is 30.5 Å². The van der Waals surface area contributed by atoms with Gasteiger partial charge in [0.05, 0.1) is 6.04 Å². The first-order chi connectivity index (χ1) is 4.55. The van der Waals surface area contributed by atoms with Gasteiger partial charge in [0, 0.05) is 0 Å². The zero-order valence-electron chi connectivity index (χ0n) is 5.25. The second-order valence-corrected chi connectivity index (χ2v) is 2.54. The molecular formula is C5H11NO4. The van der Waals surface area contributed by atoms with Crippen molar-refractivity contribution in [3.8, 4) is 0 Å². The maximum Gasteiger partial charge on any atom is 0.110 e. The fraction of sp³-hybridized carbons (Fsp3) is 1.00. The Kier molecular flexibility index (Phi) is 1.93. The van der Waals surface area contributed by atoms with Gasteiger partial charge >= 0.3 is 0 Å². The lowest BCUT2D eigenvalue weighted by atomic mass is 10.2. The van der Waals surface area contributed by atoms with Crippen molar-refractivity contribution >= 4 is 0 Å². The lowest BCUT2D eigenvalue weighted by Crippen LogP contribution is -2.40. The molecular weight excluding hydrogens is 138 g/mol. The van der Waals surface area contributed by atoms with Crippen molar-refractivity contribution in [3.05, 3.63) is 0 Å². The molecule has 0 aromatic rings. The first kappa shape index (κ1) is 7.90. The van der Waals surface area contributed by atoms with Gasteiger partial charge in [-0.15, -0.1) is 0 Å². The molecule has 1 aliphatic carbocycles. The van der Waals surface area contributed by atoms with E-state index in [1.54, 1.807) is 0 Å². The van der Waals surface area contributed by atoms with Gasteiger partial charge in [0.15, 0.2) is 0 Å². The Labute approximate surface area is 57.7 Å². The Balaban J connectivity index is 2.68. The Bertz CT molecular complexity index is 86.0. The van der Waals surface area contributed by atoms with Crippen LogP contribution < -0.4 is 5.73 Å². The first-order valence-electron chi connectivity index (χ1n) is 3.03. The third-order valence-electron chi connectivity index (χ3n) is 1.84. The third kappa shape index (κ3) is 0.920. The zero-order chi connectivity index (χ0) is 7.89. The minimum absolute atomic E-state index is 0.954. The van der Waals surface area contributed by atoms with Crippen LogP contribution in [0.15, 0.2) is 0 Å². The molecule has 5 atom stereocenters. The van der Waals surface area contributed by atoms with Crippen LogP contribution in [0.4, 0.5) is 0 Å². The largest absolute Gasteiger partial charge is 0.389 e. The summed E-state index contributed by atoms with van der Waals surface area (Å²) in [5.74, 6) is 0. The molecule has 5 nitrogen and oxygen atoms in total. The van der Waals surface area contributed by atoms with Crippen molar-refractivity contribution in [1.82, 2.24) is 0 Å². The smallest absolute Gasteiger partial charge is 0.110 e. The maximum atomic E-state index is 8.91. The maximum absolute atomic E-state index is 8.91. The van der Waals surface area contributed by atoms with E-state index < -0.39 is 30.5 Å². The molecule has 0 bridgehead atoms. The standard InChI is InChI=1S/C5H11NO4/c6-1-2(7)4(9)5(10)3(1)8/h1-5,7-10H,6H2/t1?,2?,3?,4-,5?/m0/s1. The van der Waals surface area contributed by atoms with Gasteiger partial charge in [-0.25, -0.2) is 0 Å². The normalized spacial score (nSPS) is 55.5. The molecule has 1 fully saturated rings. The molecule has 10 heavy (non-hydrogen) atoms. The Hall–Kier alpha value is -0.200. The van der Waals surface area contributed by atoms with E-state index >= 15 is 0 Å². The highest BCUT2D eigenvalue weighted by Crippen LogP contribution is 2.19. The predicted molar refractivity (Wildman–Crippen MR) is 32.0 cm³/mol. The van der Waals surface area contributed by atoms with E-state index in [1.165, 1.54) is 0 Å². The number of hydrogen-bond acceptors (Lipinski definition) is 5. The second-order valence-electron chi connectivity index (χ2n) is 2.54. The zero-order valence-corrected chi connectivity index (χ0v) is 5.25. The second kappa shape index (κ2) is 2.44. The van der Waals surface area contributed by atoms with Gasteiger partial charge in [0.25, 0.3) is 0 Å². The van der Waals surface area contributed by atoms with Crippen LogP contribution in [0.3, 0.4) is 0 Å². The van der Waals surface area contributed by atoms with Crippen molar-refractivity contribution in [3.63, 3.8) is 0 Å². The van der Waals surface area contributed by atoms with Gasteiger partial charge in [-0.3, -0.25) is 0 Å². The summed E-state index contributed by atoms with van der Waals surface area (Å²) in [7, 11) is 0. The van der Waals surface area contributed by atoms with Crippen molar-refractivity contribution < 1.29 is 20.4 Å². The molecule has 0 aromatic carbocycles. The number of aliphatic hydroxyl groups is 4. The molecule has 1 rings (SSSR count). The first-order valence-corrected chi connectivity index (χ1v) is 3.03.